The average molecular weight is 552 g/mol. The fourth-order valence-electron chi connectivity index (χ4n) is 5.46. The minimum Gasteiger partial charge on any atom is -0.477 e. The monoisotopic (exact) mass is 551 g/mol. The topological polar surface area (TPSA) is 113 Å². The zero-order valence-corrected chi connectivity index (χ0v) is 23.3. The van der Waals surface area contributed by atoms with E-state index in [1.54, 1.807) is 12.1 Å². The lowest BCUT2D eigenvalue weighted by atomic mass is 9.98. The van der Waals surface area contributed by atoms with Crippen LogP contribution in [0.4, 0.5) is 0 Å². The van der Waals surface area contributed by atoms with Gasteiger partial charge < -0.3 is 14.4 Å². The number of ether oxygens (including phenoxy) is 1. The number of para-hydroxylation sites is 1. The second-order valence-corrected chi connectivity index (χ2v) is 11.6. The number of aryl methyl sites for hydroxylation is 5. The van der Waals surface area contributed by atoms with Gasteiger partial charge in [-0.15, -0.1) is 0 Å². The normalized spacial score (nSPS) is 14.2. The zero-order chi connectivity index (χ0) is 27.7. The van der Waals surface area contributed by atoms with Gasteiger partial charge in [0.15, 0.2) is 0 Å². The molecule has 0 spiro atoms. The van der Waals surface area contributed by atoms with Crippen LogP contribution in [0.5, 0.6) is 0 Å². The van der Waals surface area contributed by atoms with E-state index in [9.17, 15) is 18.3 Å². The molecule has 1 aliphatic rings. The van der Waals surface area contributed by atoms with Gasteiger partial charge >= 0.3 is 5.97 Å². The number of carbonyl (C=O) groups is 1. The van der Waals surface area contributed by atoms with Crippen LogP contribution in [-0.4, -0.2) is 47.1 Å². The molecule has 0 unspecified atom stereocenters. The molecular weight excluding hydrogens is 518 g/mol. The number of hydrogen-bond donors (Lipinski definition) is 1. The number of benzene rings is 2. The van der Waals surface area contributed by atoms with Gasteiger partial charge in [0.2, 0.25) is 0 Å². The van der Waals surface area contributed by atoms with Crippen LogP contribution in [0.2, 0.25) is 0 Å². The van der Waals surface area contributed by atoms with E-state index in [1.807, 2.05) is 48.3 Å². The molecule has 2 aromatic carbocycles. The molecule has 0 saturated heterocycles. The number of fused-ring (bicyclic) bond motifs is 2. The summed E-state index contributed by atoms with van der Waals surface area (Å²) in [5, 5.41) is 15.8. The molecule has 2 aromatic heterocycles. The van der Waals surface area contributed by atoms with E-state index >= 15 is 0 Å². The van der Waals surface area contributed by atoms with Gasteiger partial charge in [-0.25, -0.2) is 4.79 Å². The summed E-state index contributed by atoms with van der Waals surface area (Å²) in [6, 6.07) is 12.4. The first-order chi connectivity index (χ1) is 18.7. The Bertz CT molecular complexity index is 1630. The van der Waals surface area contributed by atoms with E-state index in [2.05, 4.69) is 5.10 Å². The Balaban J connectivity index is 1.53. The van der Waals surface area contributed by atoms with Crippen molar-refractivity contribution < 1.29 is 27.2 Å². The van der Waals surface area contributed by atoms with Gasteiger partial charge in [-0.2, -0.15) is 13.5 Å². The van der Waals surface area contributed by atoms with Crippen LogP contribution in [0.1, 0.15) is 52.3 Å². The van der Waals surface area contributed by atoms with E-state index in [1.165, 1.54) is 12.1 Å². The van der Waals surface area contributed by atoms with Gasteiger partial charge in [0.1, 0.15) is 5.69 Å². The third-order valence-electron chi connectivity index (χ3n) is 7.28. The molecule has 0 amide bonds. The second kappa shape index (κ2) is 11.0. The van der Waals surface area contributed by atoms with Crippen molar-refractivity contribution in [2.75, 3.05) is 13.2 Å². The highest BCUT2D eigenvalue weighted by Crippen LogP contribution is 2.38. The molecule has 0 saturated carbocycles. The Morgan fingerprint density at radius 3 is 2.64 bits per heavy atom. The van der Waals surface area contributed by atoms with Crippen molar-refractivity contribution in [3.63, 3.8) is 0 Å². The summed E-state index contributed by atoms with van der Waals surface area (Å²) in [6.07, 6.45) is 2.27. The summed E-state index contributed by atoms with van der Waals surface area (Å²) in [6.45, 7) is 5.32. The van der Waals surface area contributed by atoms with Gasteiger partial charge in [0, 0.05) is 36.7 Å². The van der Waals surface area contributed by atoms with E-state index in [4.69, 9.17) is 8.92 Å². The molecule has 0 atom stereocenters. The summed E-state index contributed by atoms with van der Waals surface area (Å²) in [5.74, 6) is -1.01. The van der Waals surface area contributed by atoms with Gasteiger partial charge in [-0.1, -0.05) is 35.9 Å². The van der Waals surface area contributed by atoms with Crippen LogP contribution in [0.3, 0.4) is 0 Å². The molecule has 5 rings (SSSR count). The molecule has 1 aliphatic heterocycles. The number of hydrogen-bond acceptors (Lipinski definition) is 6. The second-order valence-electron chi connectivity index (χ2n) is 9.97. The Kier molecular flexibility index (Phi) is 7.61. The maximum absolute atomic E-state index is 12.7. The summed E-state index contributed by atoms with van der Waals surface area (Å²) < 4.78 is 40.2. The molecule has 10 heteroatoms. The summed E-state index contributed by atoms with van der Waals surface area (Å²) in [5.41, 5.74) is 6.42. The van der Waals surface area contributed by atoms with Crippen LogP contribution in [0, 0.1) is 13.8 Å². The third kappa shape index (κ3) is 5.24. The van der Waals surface area contributed by atoms with Crippen LogP contribution >= 0.6 is 0 Å². The predicted octanol–water partition coefficient (Wildman–Crippen LogP) is 5.01. The number of aromatic nitrogens is 3. The average Bonchev–Trinajstić information content (AvgIpc) is 3.35. The molecule has 1 N–H and O–H groups in total. The molecule has 206 valence electrons. The Morgan fingerprint density at radius 2 is 1.90 bits per heavy atom. The largest absolute Gasteiger partial charge is 0.477 e. The van der Waals surface area contributed by atoms with Crippen LogP contribution in [0.15, 0.2) is 47.4 Å². The Labute approximate surface area is 228 Å². The van der Waals surface area contributed by atoms with E-state index in [0.29, 0.717) is 38.2 Å². The van der Waals surface area contributed by atoms with Crippen molar-refractivity contribution in [2.45, 2.75) is 57.6 Å². The summed E-state index contributed by atoms with van der Waals surface area (Å²) in [4.78, 5) is 12.8. The molecule has 0 bridgehead atoms. The minimum atomic E-state index is -3.90. The van der Waals surface area contributed by atoms with Crippen LogP contribution in [-0.2, 0) is 45.7 Å². The van der Waals surface area contributed by atoms with Gasteiger partial charge in [0.25, 0.3) is 10.1 Å². The first-order valence-corrected chi connectivity index (χ1v) is 14.5. The Morgan fingerprint density at radius 1 is 1.13 bits per heavy atom. The van der Waals surface area contributed by atoms with Crippen molar-refractivity contribution in [1.29, 1.82) is 0 Å². The minimum absolute atomic E-state index is 0.0508. The van der Waals surface area contributed by atoms with E-state index in [0.717, 1.165) is 51.8 Å². The van der Waals surface area contributed by atoms with Crippen molar-refractivity contribution in [3.8, 4) is 11.1 Å². The van der Waals surface area contributed by atoms with E-state index < -0.39 is 16.1 Å². The maximum Gasteiger partial charge on any atom is 0.352 e. The number of aromatic carboxylic acids is 1. The quantitative estimate of drug-likeness (QED) is 0.254. The highest BCUT2D eigenvalue weighted by Gasteiger charge is 2.27. The van der Waals surface area contributed by atoms with Gasteiger partial charge in [-0.3, -0.25) is 8.86 Å². The number of rotatable bonds is 7. The predicted molar refractivity (Wildman–Crippen MR) is 147 cm³/mol. The molecule has 39 heavy (non-hydrogen) atoms. The lowest BCUT2D eigenvalue weighted by molar-refractivity contribution is 0.0683. The van der Waals surface area contributed by atoms with Crippen LogP contribution < -0.4 is 0 Å². The Hall–Kier alpha value is -3.47. The fourth-order valence-corrected chi connectivity index (χ4v) is 6.40. The molecule has 0 aliphatic carbocycles. The lowest BCUT2D eigenvalue weighted by Gasteiger charge is -2.12. The SMILES string of the molecule is Cc1ccc(S(=O)(=O)OCCCc2c(C(=O)O)n3c4c(cccc24)-c2c(C)nn(C)c2COCCCC3)cc1. The smallest absolute Gasteiger partial charge is 0.352 e. The van der Waals surface area contributed by atoms with Crippen molar-refractivity contribution in [3.05, 3.63) is 70.7 Å². The lowest BCUT2D eigenvalue weighted by Crippen LogP contribution is -2.12. The van der Waals surface area contributed by atoms with Crippen LogP contribution in [0.25, 0.3) is 22.0 Å². The zero-order valence-electron chi connectivity index (χ0n) is 22.4. The number of carboxylic acids is 1. The highest BCUT2D eigenvalue weighted by molar-refractivity contribution is 7.86. The first kappa shape index (κ1) is 27.1. The summed E-state index contributed by atoms with van der Waals surface area (Å²) in [7, 11) is -2.00. The first-order valence-electron chi connectivity index (χ1n) is 13.1. The van der Waals surface area contributed by atoms with Crippen molar-refractivity contribution in [1.82, 2.24) is 14.3 Å². The standard InChI is InChI=1S/C29H33N3O6S/c1-19-11-13-21(14-12-19)39(35,36)38-17-7-10-23-22-8-6-9-24-26-20(2)30-31(3)25(26)18-37-16-5-4-15-32(27(22)24)28(23)29(33)34/h6,8-9,11-14H,4-5,7,10,15-18H2,1-3H3,(H,33,34). The van der Waals surface area contributed by atoms with Crippen molar-refractivity contribution >= 4 is 27.0 Å². The van der Waals surface area contributed by atoms with Crippen molar-refractivity contribution in [2.24, 2.45) is 7.05 Å². The van der Waals surface area contributed by atoms with Gasteiger partial charge in [0.05, 0.1) is 35.0 Å². The maximum atomic E-state index is 12.7. The fraction of sp³-hybridized carbons (Fsp3) is 0.379. The van der Waals surface area contributed by atoms with E-state index in [-0.39, 0.29) is 17.2 Å². The number of nitrogens with zero attached hydrogens (tertiary/aromatic N) is 3. The van der Waals surface area contributed by atoms with Gasteiger partial charge in [-0.05, 0) is 57.2 Å². The molecular formula is C29H33N3O6S. The molecule has 3 heterocycles. The molecule has 0 radical (unpaired) electrons. The molecule has 0 fully saturated rings. The number of carboxylic acid groups (broad SMARTS) is 1. The highest BCUT2D eigenvalue weighted by atomic mass is 32.2. The summed E-state index contributed by atoms with van der Waals surface area (Å²) >= 11 is 0. The molecule has 4 aromatic rings. The third-order valence-corrected chi connectivity index (χ3v) is 8.60. The molecule has 9 nitrogen and oxygen atoms in total.